The van der Waals surface area contributed by atoms with Crippen molar-refractivity contribution in [3.63, 3.8) is 0 Å². The van der Waals surface area contributed by atoms with Gasteiger partial charge in [0.2, 0.25) is 5.91 Å². The fourth-order valence-electron chi connectivity index (χ4n) is 1.80. The van der Waals surface area contributed by atoms with Crippen molar-refractivity contribution in [3.05, 3.63) is 0 Å². The molecular weight excluding hydrogens is 226 g/mol. The molecule has 1 aliphatic heterocycles. The second-order valence-corrected chi connectivity index (χ2v) is 4.79. The summed E-state index contributed by atoms with van der Waals surface area (Å²) in [7, 11) is 0. The Morgan fingerprint density at radius 2 is 2.00 bits per heavy atom. The Balaban J connectivity index is 2.69. The predicted molar refractivity (Wildman–Crippen MR) is 59.9 cm³/mol. The van der Waals surface area contributed by atoms with Crippen molar-refractivity contribution < 1.29 is 24.9 Å². The van der Waals surface area contributed by atoms with Gasteiger partial charge in [0.05, 0.1) is 18.8 Å². The van der Waals surface area contributed by atoms with Gasteiger partial charge in [0.25, 0.3) is 0 Å². The van der Waals surface area contributed by atoms with Gasteiger partial charge in [-0.25, -0.2) is 0 Å². The molecule has 100 valence electrons. The van der Waals surface area contributed by atoms with Crippen molar-refractivity contribution in [3.8, 4) is 0 Å². The fraction of sp³-hybridized carbons (Fsp3) is 0.909. The molecule has 17 heavy (non-hydrogen) atoms. The fourth-order valence-corrected chi connectivity index (χ4v) is 1.80. The monoisotopic (exact) mass is 247 g/mol. The molecule has 6 heteroatoms. The zero-order valence-corrected chi connectivity index (χ0v) is 10.3. The third-order valence-electron chi connectivity index (χ3n) is 3.13. The van der Waals surface area contributed by atoms with Gasteiger partial charge in [-0.05, 0) is 0 Å². The second-order valence-electron chi connectivity index (χ2n) is 4.79. The maximum atomic E-state index is 11.5. The van der Waals surface area contributed by atoms with Crippen LogP contribution in [0.15, 0.2) is 0 Å². The minimum Gasteiger partial charge on any atom is -0.394 e. The molecule has 0 bridgehead atoms. The molecule has 5 atom stereocenters. The molecule has 0 aliphatic carbocycles. The van der Waals surface area contributed by atoms with Crippen molar-refractivity contribution >= 4 is 5.91 Å². The van der Waals surface area contributed by atoms with Gasteiger partial charge in [0.15, 0.2) is 6.29 Å². The molecule has 0 radical (unpaired) electrons. The highest BCUT2D eigenvalue weighted by atomic mass is 16.6. The van der Waals surface area contributed by atoms with E-state index in [0.29, 0.717) is 0 Å². The van der Waals surface area contributed by atoms with E-state index in [0.717, 1.165) is 0 Å². The van der Waals surface area contributed by atoms with Gasteiger partial charge in [-0.1, -0.05) is 20.8 Å². The smallest absolute Gasteiger partial charge is 0.223 e. The summed E-state index contributed by atoms with van der Waals surface area (Å²) in [5.74, 6) is -0.854. The maximum absolute atomic E-state index is 11.5. The number of carbonyl (C=O) groups excluding carboxylic acids is 1. The first-order valence-corrected chi connectivity index (χ1v) is 5.81. The van der Waals surface area contributed by atoms with E-state index in [4.69, 9.17) is 9.84 Å². The van der Waals surface area contributed by atoms with E-state index < -0.39 is 24.5 Å². The van der Waals surface area contributed by atoms with E-state index in [1.54, 1.807) is 20.8 Å². The molecule has 1 amide bonds. The third-order valence-corrected chi connectivity index (χ3v) is 3.13. The molecule has 1 fully saturated rings. The lowest BCUT2D eigenvalue weighted by atomic mass is 9.89. The minimum atomic E-state index is -1.30. The number of hydrogen-bond donors (Lipinski definition) is 4. The molecule has 0 aromatic rings. The lowest BCUT2D eigenvalue weighted by Gasteiger charge is -2.41. The van der Waals surface area contributed by atoms with Crippen molar-refractivity contribution in [1.29, 1.82) is 0 Å². The molecule has 1 rings (SSSR count). The van der Waals surface area contributed by atoms with Gasteiger partial charge in [0.1, 0.15) is 6.04 Å². The van der Waals surface area contributed by atoms with Crippen LogP contribution in [0.4, 0.5) is 0 Å². The van der Waals surface area contributed by atoms with Crippen LogP contribution in [0.25, 0.3) is 0 Å². The average molecular weight is 247 g/mol. The van der Waals surface area contributed by atoms with Gasteiger partial charge in [0, 0.05) is 11.8 Å². The Hall–Kier alpha value is -0.690. The van der Waals surface area contributed by atoms with Crippen molar-refractivity contribution in [1.82, 2.24) is 5.32 Å². The van der Waals surface area contributed by atoms with Crippen LogP contribution in [0.2, 0.25) is 0 Å². The van der Waals surface area contributed by atoms with Crippen LogP contribution in [-0.4, -0.2) is 52.4 Å². The number of amides is 1. The summed E-state index contributed by atoms with van der Waals surface area (Å²) in [6, 6.07) is -0.859. The molecule has 6 nitrogen and oxygen atoms in total. The van der Waals surface area contributed by atoms with Crippen LogP contribution < -0.4 is 5.32 Å². The molecular formula is C11H21NO5. The van der Waals surface area contributed by atoms with Crippen LogP contribution in [0, 0.1) is 11.8 Å². The highest BCUT2D eigenvalue weighted by Gasteiger charge is 2.42. The van der Waals surface area contributed by atoms with Gasteiger partial charge in [-0.3, -0.25) is 4.79 Å². The highest BCUT2D eigenvalue weighted by molar-refractivity contribution is 5.78. The molecule has 4 N–H and O–H groups in total. The average Bonchev–Trinajstić information content (AvgIpc) is 2.28. The first-order valence-electron chi connectivity index (χ1n) is 5.81. The molecule has 1 heterocycles. The van der Waals surface area contributed by atoms with Crippen molar-refractivity contribution in [2.45, 2.75) is 45.3 Å². The number of ether oxygens (including phenoxy) is 1. The number of aliphatic hydroxyl groups is 3. The zero-order chi connectivity index (χ0) is 13.2. The Morgan fingerprint density at radius 3 is 2.47 bits per heavy atom. The molecule has 0 aromatic carbocycles. The largest absolute Gasteiger partial charge is 0.394 e. The Morgan fingerprint density at radius 1 is 1.41 bits per heavy atom. The van der Waals surface area contributed by atoms with E-state index in [-0.39, 0.29) is 24.3 Å². The van der Waals surface area contributed by atoms with Gasteiger partial charge < -0.3 is 25.4 Å². The Labute approximate surface area is 101 Å². The molecule has 5 unspecified atom stereocenters. The SMILES string of the molecule is CC(C)C(=O)NC1C(O)OC(CO)C(C)C1O. The number of nitrogens with one attached hydrogen (secondary N) is 1. The van der Waals surface area contributed by atoms with E-state index in [9.17, 15) is 15.0 Å². The van der Waals surface area contributed by atoms with Gasteiger partial charge in [-0.2, -0.15) is 0 Å². The van der Waals surface area contributed by atoms with Crippen molar-refractivity contribution in [2.24, 2.45) is 11.8 Å². The summed E-state index contributed by atoms with van der Waals surface area (Å²) in [4.78, 5) is 11.5. The summed E-state index contributed by atoms with van der Waals surface area (Å²) < 4.78 is 5.14. The van der Waals surface area contributed by atoms with E-state index in [2.05, 4.69) is 5.32 Å². The van der Waals surface area contributed by atoms with Crippen molar-refractivity contribution in [2.75, 3.05) is 6.61 Å². The van der Waals surface area contributed by atoms with E-state index in [1.165, 1.54) is 0 Å². The minimum absolute atomic E-state index is 0.236. The molecule has 0 aromatic heterocycles. The van der Waals surface area contributed by atoms with Crippen LogP contribution >= 0.6 is 0 Å². The zero-order valence-electron chi connectivity index (χ0n) is 10.3. The number of carbonyl (C=O) groups is 1. The molecule has 1 saturated heterocycles. The summed E-state index contributed by atoms with van der Waals surface area (Å²) in [6.45, 7) is 4.86. The van der Waals surface area contributed by atoms with Gasteiger partial charge in [-0.15, -0.1) is 0 Å². The highest BCUT2D eigenvalue weighted by Crippen LogP contribution is 2.24. The molecule has 1 aliphatic rings. The lowest BCUT2D eigenvalue weighted by molar-refractivity contribution is -0.235. The van der Waals surface area contributed by atoms with E-state index in [1.807, 2.05) is 0 Å². The van der Waals surface area contributed by atoms with Crippen LogP contribution in [0.5, 0.6) is 0 Å². The summed E-state index contributed by atoms with van der Waals surface area (Å²) in [6.07, 6.45) is -2.87. The number of rotatable bonds is 3. The normalized spacial score (nSPS) is 38.2. The van der Waals surface area contributed by atoms with Crippen LogP contribution in [-0.2, 0) is 9.53 Å². The maximum Gasteiger partial charge on any atom is 0.223 e. The van der Waals surface area contributed by atoms with Crippen LogP contribution in [0.3, 0.4) is 0 Å². The molecule has 0 spiro atoms. The van der Waals surface area contributed by atoms with Gasteiger partial charge >= 0.3 is 0 Å². The van der Waals surface area contributed by atoms with E-state index >= 15 is 0 Å². The first-order chi connectivity index (χ1) is 7.88. The number of aliphatic hydroxyl groups excluding tert-OH is 3. The van der Waals surface area contributed by atoms with Crippen LogP contribution in [0.1, 0.15) is 20.8 Å². The summed E-state index contributed by atoms with van der Waals surface area (Å²) in [5.41, 5.74) is 0. The Kier molecular flexibility index (Phi) is 4.88. The summed E-state index contributed by atoms with van der Waals surface area (Å²) in [5, 5.41) is 31.2. The first kappa shape index (κ1) is 14.4. The Bertz CT molecular complexity index is 271. The second kappa shape index (κ2) is 5.77. The third kappa shape index (κ3) is 3.16. The quantitative estimate of drug-likeness (QED) is 0.504. The lowest BCUT2D eigenvalue weighted by Crippen LogP contribution is -2.61. The molecule has 0 saturated carbocycles. The standard InChI is InChI=1S/C11H21NO5/c1-5(2)10(15)12-8-9(14)6(3)7(4-13)17-11(8)16/h5-9,11,13-14,16H,4H2,1-3H3,(H,12,15). The predicted octanol–water partition coefficient (Wildman–Crippen LogP) is -1.17. The summed E-state index contributed by atoms with van der Waals surface area (Å²) >= 11 is 0. The number of hydrogen-bond acceptors (Lipinski definition) is 5. The topological polar surface area (TPSA) is 99.0 Å².